The van der Waals surface area contributed by atoms with Crippen LogP contribution in [0, 0.1) is 12.7 Å². The molecule has 2 amide bonds. The van der Waals surface area contributed by atoms with Gasteiger partial charge in [-0.05, 0) is 73.9 Å². The van der Waals surface area contributed by atoms with Gasteiger partial charge in [-0.2, -0.15) is 4.31 Å². The number of nitrogens with one attached hydrogen (secondary N) is 2. The predicted octanol–water partition coefficient (Wildman–Crippen LogP) is 4.55. The van der Waals surface area contributed by atoms with Crippen LogP contribution < -0.4 is 10.6 Å². The summed E-state index contributed by atoms with van der Waals surface area (Å²) < 4.78 is 43.1. The lowest BCUT2D eigenvalue weighted by molar-refractivity contribution is -0.113. The Hall–Kier alpha value is -4.07. The van der Waals surface area contributed by atoms with E-state index in [0.29, 0.717) is 29.6 Å². The summed E-state index contributed by atoms with van der Waals surface area (Å²) in [5.41, 5.74) is 2.14. The van der Waals surface area contributed by atoms with Gasteiger partial charge >= 0.3 is 0 Å². The molecule has 1 saturated heterocycles. The molecule has 43 heavy (non-hydrogen) atoms. The van der Waals surface area contributed by atoms with Crippen molar-refractivity contribution >= 4 is 39.3 Å². The lowest BCUT2D eigenvalue weighted by Crippen LogP contribution is -2.35. The number of rotatable bonds is 10. The molecule has 3 aromatic carbocycles. The summed E-state index contributed by atoms with van der Waals surface area (Å²) in [7, 11) is -3.60. The van der Waals surface area contributed by atoms with E-state index >= 15 is 0 Å². The second-order valence-corrected chi connectivity index (χ2v) is 12.9. The molecule has 4 aromatic rings. The second-order valence-electron chi connectivity index (χ2n) is 10.1. The Labute approximate surface area is 253 Å². The summed E-state index contributed by atoms with van der Waals surface area (Å²) in [5, 5.41) is 14.3. The van der Waals surface area contributed by atoms with Crippen molar-refractivity contribution in [1.29, 1.82) is 0 Å². The van der Waals surface area contributed by atoms with Crippen LogP contribution in [0.25, 0.3) is 5.69 Å². The number of benzene rings is 3. The van der Waals surface area contributed by atoms with E-state index in [1.807, 2.05) is 31.2 Å². The zero-order valence-corrected chi connectivity index (χ0v) is 25.1. The summed E-state index contributed by atoms with van der Waals surface area (Å²) in [6, 6.07) is 19.4. The van der Waals surface area contributed by atoms with Gasteiger partial charge < -0.3 is 10.6 Å². The number of anilines is 1. The Morgan fingerprint density at radius 3 is 2.42 bits per heavy atom. The van der Waals surface area contributed by atoms with E-state index < -0.39 is 27.7 Å². The van der Waals surface area contributed by atoms with Crippen molar-refractivity contribution in [2.75, 3.05) is 24.2 Å². The summed E-state index contributed by atoms with van der Waals surface area (Å²) in [5.74, 6) is -0.953. The molecule has 0 unspecified atom stereocenters. The Balaban J connectivity index is 1.28. The molecular weight excluding hydrogens is 592 g/mol. The maximum absolute atomic E-state index is 14.0. The molecule has 10 nitrogen and oxygen atoms in total. The van der Waals surface area contributed by atoms with Crippen molar-refractivity contribution in [2.24, 2.45) is 0 Å². The van der Waals surface area contributed by atoms with Crippen LogP contribution in [-0.4, -0.2) is 58.1 Å². The van der Waals surface area contributed by atoms with Crippen molar-refractivity contribution in [3.8, 4) is 5.69 Å². The average Bonchev–Trinajstić information content (AvgIpc) is 3.43. The fourth-order valence-corrected chi connectivity index (χ4v) is 7.00. The summed E-state index contributed by atoms with van der Waals surface area (Å²) in [4.78, 5) is 25.7. The highest BCUT2D eigenvalue weighted by molar-refractivity contribution is 7.99. The van der Waals surface area contributed by atoms with Crippen molar-refractivity contribution in [3.05, 3.63) is 95.6 Å². The number of sulfonamides is 1. The Kier molecular flexibility index (Phi) is 9.53. The number of carbonyl (C=O) groups is 2. The van der Waals surface area contributed by atoms with Crippen LogP contribution in [0.15, 0.2) is 82.8 Å². The number of carbonyl (C=O) groups excluding carboxylic acids is 2. The summed E-state index contributed by atoms with van der Waals surface area (Å²) in [6.07, 6.45) is 2.70. The highest BCUT2D eigenvalue weighted by Gasteiger charge is 2.26. The highest BCUT2D eigenvalue weighted by atomic mass is 32.2. The predicted molar refractivity (Wildman–Crippen MR) is 162 cm³/mol. The largest absolute Gasteiger partial charge is 0.345 e. The zero-order valence-electron chi connectivity index (χ0n) is 23.5. The van der Waals surface area contributed by atoms with Gasteiger partial charge in [-0.1, -0.05) is 42.4 Å². The fourth-order valence-electron chi connectivity index (χ4n) is 4.71. The molecule has 0 bridgehead atoms. The lowest BCUT2D eigenvalue weighted by atomic mass is 10.2. The minimum Gasteiger partial charge on any atom is -0.345 e. The zero-order chi connectivity index (χ0) is 30.4. The number of aryl methyl sites for hydroxylation is 1. The first-order valence-electron chi connectivity index (χ1n) is 13.8. The first-order chi connectivity index (χ1) is 20.7. The second kappa shape index (κ2) is 13.5. The van der Waals surface area contributed by atoms with Crippen molar-refractivity contribution in [2.45, 2.75) is 42.8 Å². The molecule has 2 N–H and O–H groups in total. The van der Waals surface area contributed by atoms with Crippen LogP contribution in [0.5, 0.6) is 0 Å². The number of halogens is 1. The van der Waals surface area contributed by atoms with E-state index in [1.54, 1.807) is 16.7 Å². The summed E-state index contributed by atoms with van der Waals surface area (Å²) >= 11 is 1.13. The third-order valence-electron chi connectivity index (χ3n) is 6.92. The van der Waals surface area contributed by atoms with Crippen molar-refractivity contribution < 1.29 is 22.4 Å². The van der Waals surface area contributed by atoms with E-state index in [-0.39, 0.29) is 22.9 Å². The molecule has 1 aliphatic heterocycles. The number of nitrogens with zero attached hydrogens (tertiary/aromatic N) is 4. The van der Waals surface area contributed by atoms with Gasteiger partial charge in [-0.15, -0.1) is 10.2 Å². The minimum absolute atomic E-state index is 0.0234. The molecule has 0 spiro atoms. The average molecular weight is 623 g/mol. The Bertz CT molecular complexity index is 1720. The van der Waals surface area contributed by atoms with E-state index in [1.165, 1.54) is 40.7 Å². The first kappa shape index (κ1) is 30.4. The number of hydrogen-bond donors (Lipinski definition) is 2. The van der Waals surface area contributed by atoms with Crippen molar-refractivity contribution in [1.82, 2.24) is 24.4 Å². The molecule has 5 rings (SSSR count). The van der Waals surface area contributed by atoms with Crippen LogP contribution in [0.4, 0.5) is 10.1 Å². The molecule has 1 fully saturated rings. The molecule has 0 saturated carbocycles. The minimum atomic E-state index is -3.60. The van der Waals surface area contributed by atoms with E-state index in [9.17, 15) is 22.4 Å². The van der Waals surface area contributed by atoms with E-state index in [0.717, 1.165) is 42.3 Å². The van der Waals surface area contributed by atoms with Crippen LogP contribution in [0.2, 0.25) is 0 Å². The Morgan fingerprint density at radius 1 is 0.953 bits per heavy atom. The smallest absolute Gasteiger partial charge is 0.251 e. The topological polar surface area (TPSA) is 126 Å². The van der Waals surface area contributed by atoms with Crippen LogP contribution >= 0.6 is 11.8 Å². The molecule has 13 heteroatoms. The third-order valence-corrected chi connectivity index (χ3v) is 9.76. The molecule has 0 aliphatic carbocycles. The number of hydrogen-bond acceptors (Lipinski definition) is 7. The molecule has 1 aliphatic rings. The molecule has 1 aromatic heterocycles. The van der Waals surface area contributed by atoms with Gasteiger partial charge in [-0.25, -0.2) is 12.8 Å². The Morgan fingerprint density at radius 2 is 1.70 bits per heavy atom. The number of para-hydroxylation sites is 1. The van der Waals surface area contributed by atoms with Crippen LogP contribution in [0.1, 0.15) is 41.0 Å². The standard InChI is InChI=1S/C30H31FN6O4S2/c1-21-8-7-9-23(18-21)37-27(34-35-30(37)42-20-28(38)33-26-11-4-3-10-25(26)31)19-32-29(39)22-12-14-24(15-13-22)43(40,41)36-16-5-2-6-17-36/h3-4,7-15,18H,2,5-6,16-17,19-20H2,1H3,(H,32,39)(H,33,38). The number of thioether (sulfide) groups is 1. The number of amides is 2. The SMILES string of the molecule is Cc1cccc(-n2c(CNC(=O)c3ccc(S(=O)(=O)N4CCCCC4)cc3)nnc2SCC(=O)Nc2ccccc2F)c1. The van der Waals surface area contributed by atoms with E-state index in [2.05, 4.69) is 20.8 Å². The number of aromatic nitrogens is 3. The molecule has 0 radical (unpaired) electrons. The van der Waals surface area contributed by atoms with Crippen LogP contribution in [0.3, 0.4) is 0 Å². The highest BCUT2D eigenvalue weighted by Crippen LogP contribution is 2.24. The van der Waals surface area contributed by atoms with Gasteiger partial charge in [0.1, 0.15) is 5.82 Å². The van der Waals surface area contributed by atoms with Gasteiger partial charge in [0.05, 0.1) is 22.9 Å². The van der Waals surface area contributed by atoms with Gasteiger partial charge in [0.15, 0.2) is 11.0 Å². The third kappa shape index (κ3) is 7.29. The first-order valence-corrected chi connectivity index (χ1v) is 16.2. The molecule has 0 atom stereocenters. The number of piperidine rings is 1. The normalized spacial score (nSPS) is 13.9. The summed E-state index contributed by atoms with van der Waals surface area (Å²) in [6.45, 7) is 2.97. The molecule has 224 valence electrons. The van der Waals surface area contributed by atoms with E-state index in [4.69, 9.17) is 0 Å². The van der Waals surface area contributed by atoms with Crippen LogP contribution in [-0.2, 0) is 21.4 Å². The monoisotopic (exact) mass is 622 g/mol. The van der Waals surface area contributed by atoms with Gasteiger partial charge in [0.25, 0.3) is 5.91 Å². The maximum Gasteiger partial charge on any atom is 0.251 e. The fraction of sp³-hybridized carbons (Fsp3) is 0.267. The quantitative estimate of drug-likeness (QED) is 0.249. The van der Waals surface area contributed by atoms with Gasteiger partial charge in [0.2, 0.25) is 15.9 Å². The maximum atomic E-state index is 14.0. The van der Waals surface area contributed by atoms with Gasteiger partial charge in [-0.3, -0.25) is 14.2 Å². The molecular formula is C30H31FN6O4S2. The van der Waals surface area contributed by atoms with Crippen molar-refractivity contribution in [3.63, 3.8) is 0 Å². The van der Waals surface area contributed by atoms with Gasteiger partial charge in [0, 0.05) is 24.3 Å². The molecule has 2 heterocycles. The lowest BCUT2D eigenvalue weighted by Gasteiger charge is -2.25.